The van der Waals surface area contributed by atoms with Crippen LogP contribution in [0.15, 0.2) is 16.7 Å². The van der Waals surface area contributed by atoms with Crippen molar-refractivity contribution in [2.45, 2.75) is 6.10 Å². The highest BCUT2D eigenvalue weighted by Crippen LogP contribution is 2.38. The van der Waals surface area contributed by atoms with Crippen LogP contribution in [0.5, 0.6) is 11.5 Å². The van der Waals surface area contributed by atoms with Crippen LogP contribution in [0.4, 0.5) is 0 Å². The highest BCUT2D eigenvalue weighted by atomic mass is 35.5. The van der Waals surface area contributed by atoms with Crippen molar-refractivity contribution in [3.8, 4) is 22.9 Å². The normalized spacial score (nSPS) is 17.4. The summed E-state index contributed by atoms with van der Waals surface area (Å²) in [5, 5.41) is 7.61. The van der Waals surface area contributed by atoms with Gasteiger partial charge >= 0.3 is 0 Å². The molecule has 2 aromatic rings. The van der Waals surface area contributed by atoms with Crippen molar-refractivity contribution >= 4 is 24.0 Å². The van der Waals surface area contributed by atoms with E-state index < -0.39 is 0 Å². The maximum atomic E-state index is 6.19. The molecule has 9 heteroatoms. The van der Waals surface area contributed by atoms with Crippen molar-refractivity contribution in [1.82, 2.24) is 15.5 Å². The summed E-state index contributed by atoms with van der Waals surface area (Å²) in [6.45, 7) is 2.08. The molecule has 126 valence electrons. The van der Waals surface area contributed by atoms with Gasteiger partial charge in [-0.2, -0.15) is 4.98 Å². The first-order valence-electron chi connectivity index (χ1n) is 6.80. The predicted octanol–water partition coefficient (Wildman–Crippen LogP) is 2.49. The molecular formula is C14H17Cl2N3O4. The summed E-state index contributed by atoms with van der Waals surface area (Å²) in [7, 11) is 3.07. The number of methoxy groups -OCH3 is 2. The molecule has 2 heterocycles. The molecule has 0 bridgehead atoms. The van der Waals surface area contributed by atoms with Gasteiger partial charge in [0.2, 0.25) is 5.82 Å². The monoisotopic (exact) mass is 361 g/mol. The highest BCUT2D eigenvalue weighted by molar-refractivity contribution is 6.32. The van der Waals surface area contributed by atoms with E-state index in [-0.39, 0.29) is 18.5 Å². The number of benzene rings is 1. The van der Waals surface area contributed by atoms with Gasteiger partial charge in [-0.05, 0) is 12.1 Å². The summed E-state index contributed by atoms with van der Waals surface area (Å²) in [5.41, 5.74) is 0.682. The number of hydrogen-bond acceptors (Lipinski definition) is 7. The number of nitrogens with one attached hydrogen (secondary N) is 1. The van der Waals surface area contributed by atoms with Gasteiger partial charge in [-0.25, -0.2) is 0 Å². The first-order chi connectivity index (χ1) is 10.7. The average Bonchev–Trinajstić information content (AvgIpc) is 3.05. The van der Waals surface area contributed by atoms with Crippen molar-refractivity contribution in [3.63, 3.8) is 0 Å². The van der Waals surface area contributed by atoms with Gasteiger partial charge in [0.15, 0.2) is 11.5 Å². The fourth-order valence-electron chi connectivity index (χ4n) is 2.25. The molecule has 1 aliphatic heterocycles. The van der Waals surface area contributed by atoms with Crippen molar-refractivity contribution in [2.24, 2.45) is 0 Å². The number of ether oxygens (including phenoxy) is 3. The fraction of sp³-hybridized carbons (Fsp3) is 0.429. The molecule has 1 saturated heterocycles. The number of nitrogens with zero attached hydrogens (tertiary/aromatic N) is 2. The van der Waals surface area contributed by atoms with Crippen molar-refractivity contribution in [2.75, 3.05) is 33.9 Å². The first kappa shape index (κ1) is 17.8. The van der Waals surface area contributed by atoms with E-state index in [2.05, 4.69) is 15.5 Å². The zero-order chi connectivity index (χ0) is 15.5. The predicted molar refractivity (Wildman–Crippen MR) is 86.7 cm³/mol. The van der Waals surface area contributed by atoms with Gasteiger partial charge in [-0.15, -0.1) is 12.4 Å². The van der Waals surface area contributed by atoms with E-state index in [1.54, 1.807) is 19.2 Å². The van der Waals surface area contributed by atoms with E-state index in [1.165, 1.54) is 7.11 Å². The Hall–Kier alpha value is -1.54. The smallest absolute Gasteiger partial charge is 0.257 e. The molecule has 1 aromatic carbocycles. The Balaban J connectivity index is 0.00000192. The first-order valence-corrected chi connectivity index (χ1v) is 7.18. The number of aromatic nitrogens is 2. The molecule has 3 rings (SSSR count). The lowest BCUT2D eigenvalue weighted by Crippen LogP contribution is -2.33. The molecule has 1 N–H and O–H groups in total. The Morgan fingerprint density at radius 1 is 1.30 bits per heavy atom. The maximum absolute atomic E-state index is 6.19. The Kier molecular flexibility index (Phi) is 6.06. The topological polar surface area (TPSA) is 78.6 Å². The van der Waals surface area contributed by atoms with E-state index >= 15 is 0 Å². The molecular weight excluding hydrogens is 345 g/mol. The minimum absolute atomic E-state index is 0. The van der Waals surface area contributed by atoms with Gasteiger partial charge in [-0.1, -0.05) is 16.8 Å². The lowest BCUT2D eigenvalue weighted by molar-refractivity contribution is 0.00755. The average molecular weight is 362 g/mol. The summed E-state index contributed by atoms with van der Waals surface area (Å²) in [6, 6.07) is 3.46. The molecule has 0 aliphatic carbocycles. The SMILES string of the molecule is COc1cc(-c2noc(C3CNCCO3)n2)cc(Cl)c1OC.Cl. The minimum Gasteiger partial charge on any atom is -0.493 e. The fourth-order valence-corrected chi connectivity index (χ4v) is 2.54. The van der Waals surface area contributed by atoms with E-state index in [0.717, 1.165) is 6.54 Å². The van der Waals surface area contributed by atoms with Crippen LogP contribution in [-0.4, -0.2) is 44.1 Å². The Labute approximate surface area is 144 Å². The number of hydrogen-bond donors (Lipinski definition) is 1. The second kappa shape index (κ2) is 7.83. The third-order valence-electron chi connectivity index (χ3n) is 3.34. The molecule has 0 spiro atoms. The largest absolute Gasteiger partial charge is 0.493 e. The van der Waals surface area contributed by atoms with Crippen molar-refractivity contribution in [3.05, 3.63) is 23.0 Å². The maximum Gasteiger partial charge on any atom is 0.257 e. The number of morpholine rings is 1. The van der Waals surface area contributed by atoms with E-state index in [9.17, 15) is 0 Å². The summed E-state index contributed by atoms with van der Waals surface area (Å²) >= 11 is 6.19. The highest BCUT2D eigenvalue weighted by Gasteiger charge is 2.23. The van der Waals surface area contributed by atoms with Gasteiger partial charge in [0.1, 0.15) is 6.10 Å². The number of rotatable bonds is 4. The van der Waals surface area contributed by atoms with Crippen LogP contribution in [0, 0.1) is 0 Å². The molecule has 23 heavy (non-hydrogen) atoms. The molecule has 1 aliphatic rings. The van der Waals surface area contributed by atoms with Crippen LogP contribution >= 0.6 is 24.0 Å². The van der Waals surface area contributed by atoms with Crippen LogP contribution in [0.1, 0.15) is 12.0 Å². The number of halogens is 2. The van der Waals surface area contributed by atoms with E-state index in [4.69, 9.17) is 30.3 Å². The van der Waals surface area contributed by atoms with Gasteiger partial charge < -0.3 is 24.1 Å². The summed E-state index contributed by atoms with van der Waals surface area (Å²) in [4.78, 5) is 4.38. The molecule has 0 radical (unpaired) electrons. The second-order valence-electron chi connectivity index (χ2n) is 4.71. The summed E-state index contributed by atoms with van der Waals surface area (Å²) in [5.74, 6) is 1.84. The van der Waals surface area contributed by atoms with Crippen molar-refractivity contribution < 1.29 is 18.7 Å². The molecule has 1 unspecified atom stereocenters. The minimum atomic E-state index is -0.231. The van der Waals surface area contributed by atoms with Crippen LogP contribution < -0.4 is 14.8 Å². The molecule has 1 fully saturated rings. The quantitative estimate of drug-likeness (QED) is 0.895. The zero-order valence-electron chi connectivity index (χ0n) is 12.7. The molecule has 1 aromatic heterocycles. The van der Waals surface area contributed by atoms with Gasteiger partial charge in [0, 0.05) is 18.7 Å². The third-order valence-corrected chi connectivity index (χ3v) is 3.62. The van der Waals surface area contributed by atoms with Crippen LogP contribution in [-0.2, 0) is 4.74 Å². The second-order valence-corrected chi connectivity index (χ2v) is 5.12. The van der Waals surface area contributed by atoms with Gasteiger partial charge in [0.25, 0.3) is 5.89 Å². The Bertz CT molecular complexity index is 659. The molecule has 0 amide bonds. The lowest BCUT2D eigenvalue weighted by Gasteiger charge is -2.19. The summed E-state index contributed by atoms with van der Waals surface area (Å²) < 4.78 is 21.4. The third kappa shape index (κ3) is 3.69. The van der Waals surface area contributed by atoms with Crippen LogP contribution in [0.2, 0.25) is 5.02 Å². The Morgan fingerprint density at radius 3 is 2.78 bits per heavy atom. The van der Waals surface area contributed by atoms with Crippen molar-refractivity contribution in [1.29, 1.82) is 0 Å². The molecule has 7 nitrogen and oxygen atoms in total. The van der Waals surface area contributed by atoms with Gasteiger partial charge in [-0.3, -0.25) is 0 Å². The molecule has 0 saturated carbocycles. The standard InChI is InChI=1S/C14H16ClN3O4.ClH/c1-19-10-6-8(5-9(15)12(10)20-2)13-17-14(22-18-13)11-7-16-3-4-21-11;/h5-6,11,16H,3-4,7H2,1-2H3;1H. The summed E-state index contributed by atoms with van der Waals surface area (Å²) in [6.07, 6.45) is -0.231. The molecule has 1 atom stereocenters. The lowest BCUT2D eigenvalue weighted by atomic mass is 10.2. The van der Waals surface area contributed by atoms with Gasteiger partial charge in [0.05, 0.1) is 25.8 Å². The zero-order valence-corrected chi connectivity index (χ0v) is 14.2. The van der Waals surface area contributed by atoms with Crippen LogP contribution in [0.3, 0.4) is 0 Å². The van der Waals surface area contributed by atoms with E-state index in [1.807, 2.05) is 0 Å². The van der Waals surface area contributed by atoms with E-state index in [0.29, 0.717) is 47.0 Å². The van der Waals surface area contributed by atoms with Crippen LogP contribution in [0.25, 0.3) is 11.4 Å². The Morgan fingerprint density at radius 2 is 2.13 bits per heavy atom.